The van der Waals surface area contributed by atoms with Gasteiger partial charge in [0, 0.05) is 5.39 Å². The van der Waals surface area contributed by atoms with Gasteiger partial charge in [0.15, 0.2) is 0 Å². The van der Waals surface area contributed by atoms with Gasteiger partial charge in [-0.2, -0.15) is 8.42 Å². The van der Waals surface area contributed by atoms with E-state index in [1.54, 1.807) is 6.07 Å². The van der Waals surface area contributed by atoms with Crippen LogP contribution in [0.25, 0.3) is 21.5 Å². The van der Waals surface area contributed by atoms with Gasteiger partial charge < -0.3 is 0 Å². The van der Waals surface area contributed by atoms with Crippen LogP contribution in [0.1, 0.15) is 24.0 Å². The topological polar surface area (TPSA) is 54.4 Å². The zero-order valence-corrected chi connectivity index (χ0v) is 14.1. The highest BCUT2D eigenvalue weighted by Gasteiger charge is 2.18. The van der Waals surface area contributed by atoms with E-state index >= 15 is 0 Å². The summed E-state index contributed by atoms with van der Waals surface area (Å²) in [5.74, 6) is 0. The first-order chi connectivity index (χ1) is 10.6. The largest absolute Gasteiger partial charge is 0.295 e. The lowest BCUT2D eigenvalue weighted by molar-refractivity contribution is 0.484. The summed E-state index contributed by atoms with van der Waals surface area (Å²) in [6.45, 7) is 0. The normalized spacial score (nSPS) is 14.5. The first kappa shape index (κ1) is 16.2. The Balaban J connectivity index is 0.00000156. The Morgan fingerprint density at radius 3 is 2.39 bits per heavy atom. The second kappa shape index (κ2) is 5.78. The van der Waals surface area contributed by atoms with Crippen molar-refractivity contribution in [1.82, 2.24) is 0 Å². The molecule has 0 spiro atoms. The Labute approximate surface area is 141 Å². The first-order valence-electron chi connectivity index (χ1n) is 7.49. The Kier molecular flexibility index (Phi) is 4.08. The molecule has 3 nitrogen and oxygen atoms in total. The zero-order chi connectivity index (χ0) is 15.3. The van der Waals surface area contributed by atoms with Crippen LogP contribution in [0, 0.1) is 0 Å². The summed E-state index contributed by atoms with van der Waals surface area (Å²) in [5, 5.41) is 3.47. The summed E-state index contributed by atoms with van der Waals surface area (Å²) in [6.07, 6.45) is 4.50. The maximum atomic E-state index is 11.7. The van der Waals surface area contributed by atoms with E-state index in [2.05, 4.69) is 12.1 Å². The van der Waals surface area contributed by atoms with Crippen molar-refractivity contribution in [2.75, 3.05) is 0 Å². The lowest BCUT2D eigenvalue weighted by Crippen LogP contribution is -2.04. The lowest BCUT2D eigenvalue weighted by atomic mass is 9.86. The summed E-state index contributed by atoms with van der Waals surface area (Å²) in [7, 11) is -4.24. The minimum absolute atomic E-state index is 0. The second-order valence-corrected chi connectivity index (χ2v) is 7.29. The third-order valence-corrected chi connectivity index (χ3v) is 5.51. The van der Waals surface area contributed by atoms with Crippen LogP contribution in [0.3, 0.4) is 0 Å². The van der Waals surface area contributed by atoms with E-state index in [1.807, 2.05) is 18.2 Å². The number of hydrogen-bond donors (Lipinski definition) is 1. The molecule has 1 N–H and O–H groups in total. The molecule has 3 aromatic rings. The Bertz CT molecular complexity index is 1010. The van der Waals surface area contributed by atoms with Crippen LogP contribution >= 0.6 is 12.4 Å². The predicted molar refractivity (Wildman–Crippen MR) is 95.2 cm³/mol. The van der Waals surface area contributed by atoms with Crippen LogP contribution in [0.4, 0.5) is 0 Å². The molecule has 0 unspecified atom stereocenters. The maximum Gasteiger partial charge on any atom is 0.295 e. The molecule has 0 saturated heterocycles. The molecule has 4 rings (SSSR count). The zero-order valence-electron chi connectivity index (χ0n) is 12.5. The third kappa shape index (κ3) is 2.61. The molecule has 0 bridgehead atoms. The number of hydrogen-bond acceptors (Lipinski definition) is 2. The van der Waals surface area contributed by atoms with Crippen LogP contribution in [0.2, 0.25) is 0 Å². The standard InChI is InChI=1S/C18H16O3S.ClH/c19-22(20,21)17-7-3-5-13-9-10-15-14-6-2-1-4-12(14)8-11-16(15)18(13)17;/h3,5,7-11H,1-2,4,6H2,(H,19,20,21);1H. The van der Waals surface area contributed by atoms with E-state index in [0.29, 0.717) is 5.39 Å². The molecule has 0 radical (unpaired) electrons. The maximum absolute atomic E-state index is 11.7. The molecule has 0 aliphatic heterocycles. The van der Waals surface area contributed by atoms with Crippen LogP contribution in [-0.4, -0.2) is 13.0 Å². The van der Waals surface area contributed by atoms with Crippen molar-refractivity contribution in [3.8, 4) is 0 Å². The molecule has 5 heteroatoms. The van der Waals surface area contributed by atoms with E-state index in [-0.39, 0.29) is 17.3 Å². The van der Waals surface area contributed by atoms with Crippen molar-refractivity contribution >= 4 is 44.1 Å². The van der Waals surface area contributed by atoms with Gasteiger partial charge in [-0.3, -0.25) is 4.55 Å². The van der Waals surface area contributed by atoms with Gasteiger partial charge in [0.2, 0.25) is 0 Å². The van der Waals surface area contributed by atoms with Crippen molar-refractivity contribution in [3.63, 3.8) is 0 Å². The summed E-state index contributed by atoms with van der Waals surface area (Å²) in [4.78, 5) is -0.00800. The highest BCUT2D eigenvalue weighted by Crippen LogP contribution is 2.35. The van der Waals surface area contributed by atoms with Crippen LogP contribution in [0.15, 0.2) is 47.4 Å². The first-order valence-corrected chi connectivity index (χ1v) is 8.93. The monoisotopic (exact) mass is 348 g/mol. The van der Waals surface area contributed by atoms with Crippen LogP contribution in [-0.2, 0) is 23.0 Å². The molecule has 0 aromatic heterocycles. The van der Waals surface area contributed by atoms with Gasteiger partial charge in [-0.15, -0.1) is 12.4 Å². The summed E-state index contributed by atoms with van der Waals surface area (Å²) in [6, 6.07) is 13.1. The Hall–Kier alpha value is -1.62. The average molecular weight is 349 g/mol. The predicted octanol–water partition coefficient (Wildman–Crippen LogP) is 4.54. The van der Waals surface area contributed by atoms with Gasteiger partial charge >= 0.3 is 0 Å². The number of fused-ring (bicyclic) bond motifs is 5. The quantitative estimate of drug-likeness (QED) is 0.519. The molecule has 0 saturated carbocycles. The molecule has 0 amide bonds. The summed E-state index contributed by atoms with van der Waals surface area (Å²) in [5.41, 5.74) is 2.69. The van der Waals surface area contributed by atoms with E-state index < -0.39 is 10.1 Å². The van der Waals surface area contributed by atoms with Gasteiger partial charge in [0.05, 0.1) is 0 Å². The van der Waals surface area contributed by atoms with Gasteiger partial charge in [-0.1, -0.05) is 36.4 Å². The van der Waals surface area contributed by atoms with E-state index in [0.717, 1.165) is 29.0 Å². The average Bonchev–Trinajstić information content (AvgIpc) is 2.52. The molecule has 1 aliphatic rings. The lowest BCUT2D eigenvalue weighted by Gasteiger charge is -2.19. The van der Waals surface area contributed by atoms with Gasteiger partial charge in [0.1, 0.15) is 4.90 Å². The summed E-state index contributed by atoms with van der Waals surface area (Å²) < 4.78 is 33.0. The van der Waals surface area contributed by atoms with Crippen molar-refractivity contribution < 1.29 is 13.0 Å². The number of halogens is 1. The van der Waals surface area contributed by atoms with Gasteiger partial charge in [0.25, 0.3) is 10.1 Å². The molecule has 23 heavy (non-hydrogen) atoms. The van der Waals surface area contributed by atoms with Crippen molar-refractivity contribution in [2.45, 2.75) is 30.6 Å². The van der Waals surface area contributed by atoms with Gasteiger partial charge in [-0.25, -0.2) is 0 Å². The van der Waals surface area contributed by atoms with Gasteiger partial charge in [-0.05, 0) is 59.0 Å². The highest BCUT2D eigenvalue weighted by atomic mass is 35.5. The van der Waals surface area contributed by atoms with Crippen molar-refractivity contribution in [3.05, 3.63) is 53.6 Å². The van der Waals surface area contributed by atoms with Crippen LogP contribution in [0.5, 0.6) is 0 Å². The third-order valence-electron chi connectivity index (χ3n) is 4.61. The number of benzene rings is 3. The van der Waals surface area contributed by atoms with E-state index in [4.69, 9.17) is 0 Å². The molecule has 1 aliphatic carbocycles. The fraction of sp³-hybridized carbons (Fsp3) is 0.222. The fourth-order valence-corrected chi connectivity index (χ4v) is 4.36. The smallest absolute Gasteiger partial charge is 0.282 e. The SMILES string of the molecule is Cl.O=S(=O)(O)c1cccc2ccc3c4c(ccc3c12)CCCC4. The minimum Gasteiger partial charge on any atom is -0.282 e. The molecular weight excluding hydrogens is 332 g/mol. The number of aryl methyl sites for hydroxylation is 2. The minimum atomic E-state index is -4.24. The Morgan fingerprint density at radius 1 is 0.870 bits per heavy atom. The van der Waals surface area contributed by atoms with Crippen molar-refractivity contribution in [2.24, 2.45) is 0 Å². The molecule has 3 aromatic carbocycles. The molecule has 0 fully saturated rings. The Morgan fingerprint density at radius 2 is 1.61 bits per heavy atom. The fourth-order valence-electron chi connectivity index (χ4n) is 3.63. The van der Waals surface area contributed by atoms with E-state index in [1.165, 1.54) is 30.0 Å². The van der Waals surface area contributed by atoms with Crippen LogP contribution < -0.4 is 0 Å². The molecular formula is C18H17ClO3S. The molecule has 120 valence electrons. The number of rotatable bonds is 1. The molecule has 0 atom stereocenters. The second-order valence-electron chi connectivity index (χ2n) is 5.90. The highest BCUT2D eigenvalue weighted by molar-refractivity contribution is 7.86. The molecule has 0 heterocycles. The van der Waals surface area contributed by atoms with Crippen molar-refractivity contribution in [1.29, 1.82) is 0 Å². The van der Waals surface area contributed by atoms with E-state index in [9.17, 15) is 13.0 Å². The summed E-state index contributed by atoms with van der Waals surface area (Å²) >= 11 is 0.